The zero-order chi connectivity index (χ0) is 24.2. The summed E-state index contributed by atoms with van der Waals surface area (Å²) in [4.78, 5) is 40.6. The Bertz CT molecular complexity index is 822. The molecule has 0 aliphatic heterocycles. The van der Waals surface area contributed by atoms with E-state index in [0.29, 0.717) is 5.56 Å². The summed E-state index contributed by atoms with van der Waals surface area (Å²) >= 11 is 0. The first-order chi connectivity index (χ1) is 14.8. The molecule has 3 N–H and O–H groups in total. The number of carbonyl (C=O) groups is 3. The molecule has 0 radical (unpaired) electrons. The summed E-state index contributed by atoms with van der Waals surface area (Å²) in [6.07, 6.45) is 0.717. The van der Waals surface area contributed by atoms with E-state index in [1.54, 1.807) is 20.8 Å². The van der Waals surface area contributed by atoms with Crippen molar-refractivity contribution in [3.63, 3.8) is 0 Å². The van der Waals surface area contributed by atoms with Gasteiger partial charge in [0.15, 0.2) is 0 Å². The number of benzene rings is 1. The second-order valence-corrected chi connectivity index (χ2v) is 9.84. The van der Waals surface area contributed by atoms with Crippen LogP contribution in [-0.2, 0) is 14.3 Å². The minimum Gasteiger partial charge on any atom is -0.444 e. The quantitative estimate of drug-likeness (QED) is 0.568. The van der Waals surface area contributed by atoms with E-state index in [9.17, 15) is 19.5 Å². The van der Waals surface area contributed by atoms with Gasteiger partial charge in [-0.25, -0.2) is 4.79 Å². The molecule has 1 aromatic rings. The number of hydrogen-bond donors (Lipinski definition) is 3. The smallest absolute Gasteiger partial charge is 0.408 e. The van der Waals surface area contributed by atoms with Gasteiger partial charge < -0.3 is 25.4 Å². The molecule has 3 amide bonds. The van der Waals surface area contributed by atoms with E-state index in [4.69, 9.17) is 4.74 Å². The third-order valence-electron chi connectivity index (χ3n) is 4.88. The van der Waals surface area contributed by atoms with Crippen LogP contribution in [0.15, 0.2) is 18.2 Å². The first-order valence-electron chi connectivity index (χ1n) is 11.1. The maximum Gasteiger partial charge on any atom is 0.408 e. The van der Waals surface area contributed by atoms with Crippen molar-refractivity contribution >= 4 is 17.9 Å². The predicted octanol–water partition coefficient (Wildman–Crippen LogP) is 2.75. The van der Waals surface area contributed by atoms with E-state index < -0.39 is 36.3 Å². The number of alkyl carbamates (subject to hydrolysis) is 1. The minimum absolute atomic E-state index is 0.111. The molecule has 0 saturated heterocycles. The van der Waals surface area contributed by atoms with Crippen LogP contribution in [0, 0.1) is 13.8 Å². The second kappa shape index (κ2) is 10.3. The Morgan fingerprint density at radius 1 is 1.09 bits per heavy atom. The number of aliphatic hydroxyl groups is 1. The number of aliphatic hydroxyl groups excluding tert-OH is 1. The van der Waals surface area contributed by atoms with Gasteiger partial charge in [-0.05, 0) is 66.9 Å². The Morgan fingerprint density at radius 3 is 2.09 bits per heavy atom. The first kappa shape index (κ1) is 25.6. The molecule has 1 saturated carbocycles. The molecule has 2 unspecified atom stereocenters. The van der Waals surface area contributed by atoms with Gasteiger partial charge in [-0.2, -0.15) is 0 Å². The monoisotopic (exact) mass is 447 g/mol. The number of hydrogen-bond acceptors (Lipinski definition) is 5. The molecule has 178 valence electrons. The average molecular weight is 448 g/mol. The van der Waals surface area contributed by atoms with Gasteiger partial charge in [0.1, 0.15) is 17.7 Å². The maximum absolute atomic E-state index is 13.5. The Balaban J connectivity index is 2.41. The summed E-state index contributed by atoms with van der Waals surface area (Å²) < 4.78 is 5.24. The lowest BCUT2D eigenvalue weighted by atomic mass is 9.98. The molecule has 8 heteroatoms. The zero-order valence-corrected chi connectivity index (χ0v) is 20.2. The molecular formula is C24H37N3O5. The number of nitrogens with zero attached hydrogens (tertiary/aromatic N) is 1. The summed E-state index contributed by atoms with van der Waals surface area (Å²) in [6, 6.07) is 3.47. The molecule has 1 aliphatic carbocycles. The van der Waals surface area contributed by atoms with Crippen LogP contribution in [0.3, 0.4) is 0 Å². The fourth-order valence-electron chi connectivity index (χ4n) is 3.66. The van der Waals surface area contributed by atoms with Gasteiger partial charge in [0, 0.05) is 12.1 Å². The number of rotatable bonds is 8. The van der Waals surface area contributed by atoms with Crippen molar-refractivity contribution in [1.82, 2.24) is 15.5 Å². The molecule has 0 spiro atoms. The average Bonchev–Trinajstić information content (AvgIpc) is 3.45. The van der Waals surface area contributed by atoms with Gasteiger partial charge in [0.05, 0.1) is 6.61 Å². The number of amides is 3. The molecule has 1 aromatic carbocycles. The SMILES string of the molecule is Cc1cc(C)cc(C(C(=O)NC(C)C)N(C(=O)C(CO)NC(=O)OC(C)(C)C)C2CC2)c1. The Kier molecular flexibility index (Phi) is 8.29. The van der Waals surface area contributed by atoms with Crippen LogP contribution in [0.4, 0.5) is 4.79 Å². The zero-order valence-electron chi connectivity index (χ0n) is 20.2. The molecule has 32 heavy (non-hydrogen) atoms. The van der Waals surface area contributed by atoms with Crippen molar-refractivity contribution in [3.8, 4) is 0 Å². The van der Waals surface area contributed by atoms with Gasteiger partial charge in [-0.3, -0.25) is 9.59 Å². The van der Waals surface area contributed by atoms with Crippen LogP contribution in [0.2, 0.25) is 0 Å². The van der Waals surface area contributed by atoms with Crippen LogP contribution in [-0.4, -0.2) is 58.2 Å². The van der Waals surface area contributed by atoms with E-state index in [0.717, 1.165) is 24.0 Å². The topological polar surface area (TPSA) is 108 Å². The lowest BCUT2D eigenvalue weighted by Crippen LogP contribution is -2.55. The van der Waals surface area contributed by atoms with Crippen LogP contribution < -0.4 is 10.6 Å². The Morgan fingerprint density at radius 2 is 1.66 bits per heavy atom. The summed E-state index contributed by atoms with van der Waals surface area (Å²) in [5, 5.41) is 15.3. The van der Waals surface area contributed by atoms with Crippen molar-refractivity contribution in [2.24, 2.45) is 0 Å². The van der Waals surface area contributed by atoms with Gasteiger partial charge in [0.2, 0.25) is 11.8 Å². The maximum atomic E-state index is 13.5. The van der Waals surface area contributed by atoms with Crippen molar-refractivity contribution < 1.29 is 24.2 Å². The normalized spacial score (nSPS) is 15.7. The van der Waals surface area contributed by atoms with Gasteiger partial charge >= 0.3 is 6.09 Å². The number of ether oxygens (including phenoxy) is 1. The van der Waals surface area contributed by atoms with Crippen LogP contribution in [0.1, 0.15) is 70.2 Å². The number of aryl methyl sites for hydroxylation is 2. The predicted molar refractivity (Wildman–Crippen MR) is 122 cm³/mol. The third kappa shape index (κ3) is 7.22. The van der Waals surface area contributed by atoms with E-state index in [-0.39, 0.29) is 18.0 Å². The molecule has 1 fully saturated rings. The Hall–Kier alpha value is -2.61. The van der Waals surface area contributed by atoms with Crippen LogP contribution in [0.25, 0.3) is 0 Å². The largest absolute Gasteiger partial charge is 0.444 e. The van der Waals surface area contributed by atoms with E-state index in [1.807, 2.05) is 45.9 Å². The highest BCUT2D eigenvalue weighted by Crippen LogP contribution is 2.36. The van der Waals surface area contributed by atoms with Crippen molar-refractivity contribution in [2.75, 3.05) is 6.61 Å². The molecule has 2 atom stereocenters. The minimum atomic E-state index is -1.22. The van der Waals surface area contributed by atoms with Crippen molar-refractivity contribution in [3.05, 3.63) is 34.9 Å². The fourth-order valence-corrected chi connectivity index (χ4v) is 3.66. The molecule has 0 heterocycles. The third-order valence-corrected chi connectivity index (χ3v) is 4.88. The molecule has 0 bridgehead atoms. The molecule has 8 nitrogen and oxygen atoms in total. The first-order valence-corrected chi connectivity index (χ1v) is 11.1. The van der Waals surface area contributed by atoms with Crippen molar-refractivity contribution in [2.45, 2.75) is 91.1 Å². The van der Waals surface area contributed by atoms with Gasteiger partial charge in [0.25, 0.3) is 0 Å². The fraction of sp³-hybridized carbons (Fsp3) is 0.625. The second-order valence-electron chi connectivity index (χ2n) is 9.84. The molecular weight excluding hydrogens is 410 g/mol. The molecule has 1 aliphatic rings. The summed E-state index contributed by atoms with van der Waals surface area (Å²) in [7, 11) is 0. The lowest BCUT2D eigenvalue weighted by molar-refractivity contribution is -0.144. The van der Waals surface area contributed by atoms with E-state index in [2.05, 4.69) is 10.6 Å². The number of carbonyl (C=O) groups excluding carboxylic acids is 3. The highest BCUT2D eigenvalue weighted by molar-refractivity contribution is 5.92. The van der Waals surface area contributed by atoms with Crippen LogP contribution >= 0.6 is 0 Å². The summed E-state index contributed by atoms with van der Waals surface area (Å²) in [5.41, 5.74) is 1.92. The van der Waals surface area contributed by atoms with E-state index in [1.165, 1.54) is 4.90 Å². The Labute approximate surface area is 190 Å². The number of nitrogens with one attached hydrogen (secondary N) is 2. The van der Waals surface area contributed by atoms with Crippen molar-refractivity contribution in [1.29, 1.82) is 0 Å². The summed E-state index contributed by atoms with van der Waals surface area (Å²) in [6.45, 7) is 12.1. The van der Waals surface area contributed by atoms with E-state index >= 15 is 0 Å². The molecule has 2 rings (SSSR count). The highest BCUT2D eigenvalue weighted by atomic mass is 16.6. The summed E-state index contributed by atoms with van der Waals surface area (Å²) in [5.74, 6) is -0.803. The molecule has 0 aromatic heterocycles. The lowest BCUT2D eigenvalue weighted by Gasteiger charge is -2.35. The van der Waals surface area contributed by atoms with Gasteiger partial charge in [-0.15, -0.1) is 0 Å². The van der Waals surface area contributed by atoms with Gasteiger partial charge in [-0.1, -0.05) is 29.3 Å². The van der Waals surface area contributed by atoms with Crippen LogP contribution in [0.5, 0.6) is 0 Å². The highest BCUT2D eigenvalue weighted by Gasteiger charge is 2.44. The standard InChI is InChI=1S/C24H37N3O5/c1-14(2)25-21(29)20(17-11-15(3)10-16(4)12-17)27(18-8-9-18)22(30)19(13-28)26-23(31)32-24(5,6)7/h10-12,14,18-20,28H,8-9,13H2,1-7H3,(H,25,29)(H,26,31).